The maximum Gasteiger partial charge on any atom is 0.307 e. The number of aromatic nitrogens is 5. The van der Waals surface area contributed by atoms with Crippen LogP contribution in [-0.4, -0.2) is 50.9 Å². The number of hydrogen-bond acceptors (Lipinski definition) is 6. The van der Waals surface area contributed by atoms with E-state index in [-0.39, 0.29) is 12.6 Å². The van der Waals surface area contributed by atoms with E-state index in [2.05, 4.69) is 56.1 Å². The molecule has 2 atom stereocenters. The molecule has 2 rings (SSSR count). The van der Waals surface area contributed by atoms with Gasteiger partial charge in [0.1, 0.15) is 11.3 Å². The van der Waals surface area contributed by atoms with Crippen LogP contribution in [0.4, 0.5) is 0 Å². The first-order valence-electron chi connectivity index (χ1n) is 9.76. The predicted molar refractivity (Wildman–Crippen MR) is 116 cm³/mol. The Kier molecular flexibility index (Phi) is 8.47. The number of halogens is 1. The van der Waals surface area contributed by atoms with E-state index in [0.29, 0.717) is 23.5 Å². The molecule has 2 aromatic heterocycles. The zero-order valence-corrected chi connectivity index (χ0v) is 20.3. The zero-order valence-electron chi connectivity index (χ0n) is 17.7. The molecule has 2 heterocycles. The highest BCUT2D eigenvalue weighted by Crippen LogP contribution is 2.32. The van der Waals surface area contributed by atoms with Gasteiger partial charge in [0, 0.05) is 32.7 Å². The molecule has 0 amide bonds. The molecule has 0 aliphatic carbocycles. The fraction of sp³-hybridized carbons (Fsp3) is 0.632. The minimum Gasteiger partial charge on any atom is -0.481 e. The van der Waals surface area contributed by atoms with Gasteiger partial charge in [0.2, 0.25) is 0 Å². The summed E-state index contributed by atoms with van der Waals surface area (Å²) in [6, 6.07) is 6.65. The predicted octanol–water partition coefficient (Wildman–Crippen LogP) is 3.83. The highest BCUT2D eigenvalue weighted by Gasteiger charge is 2.36. The lowest BCUT2D eigenvalue weighted by molar-refractivity contribution is -0.144. The molecule has 10 heteroatoms. The molecule has 0 aliphatic heterocycles. The number of aliphatic carboxylic acids is 1. The number of hydrogen-bond donors (Lipinski definition) is 1. The second-order valence-corrected chi connectivity index (χ2v) is 15.2. The summed E-state index contributed by atoms with van der Waals surface area (Å²) in [4.78, 5) is 16.6. The second-order valence-electron chi connectivity index (χ2n) is 8.75. The lowest BCUT2D eigenvalue weighted by Crippen LogP contribution is -2.31. The van der Waals surface area contributed by atoms with Crippen LogP contribution in [0.15, 0.2) is 22.8 Å². The smallest absolute Gasteiger partial charge is 0.307 e. The minimum atomic E-state index is -1.20. The van der Waals surface area contributed by atoms with Gasteiger partial charge in [-0.2, -0.15) is 0 Å². The Bertz CT molecular complexity index is 809. The summed E-state index contributed by atoms with van der Waals surface area (Å²) >= 11 is 3.38. The van der Waals surface area contributed by atoms with Crippen LogP contribution in [0.25, 0.3) is 0 Å². The highest BCUT2D eigenvalue weighted by molar-refractivity contribution is 9.10. The molecule has 0 fully saturated rings. The van der Waals surface area contributed by atoms with Crippen LogP contribution in [0, 0.1) is 11.8 Å². The van der Waals surface area contributed by atoms with Crippen molar-refractivity contribution in [2.24, 2.45) is 11.8 Å². The number of pyridine rings is 1. The number of rotatable bonds is 11. The molecule has 0 saturated heterocycles. The lowest BCUT2D eigenvalue weighted by atomic mass is 9.80. The van der Waals surface area contributed by atoms with Crippen molar-refractivity contribution >= 4 is 30.0 Å². The van der Waals surface area contributed by atoms with Gasteiger partial charge in [-0.25, -0.2) is 9.67 Å². The molecular formula is C19H30BrN5O3Si. The van der Waals surface area contributed by atoms with Crippen molar-refractivity contribution < 1.29 is 14.6 Å². The summed E-state index contributed by atoms with van der Waals surface area (Å²) in [5, 5.41) is 21.9. The summed E-state index contributed by atoms with van der Waals surface area (Å²) in [5.41, 5.74) is 0.783. The van der Waals surface area contributed by atoms with Crippen molar-refractivity contribution in [3.63, 3.8) is 0 Å². The van der Waals surface area contributed by atoms with E-state index in [9.17, 15) is 9.90 Å². The average molecular weight is 484 g/mol. The number of carboxylic acids is 1. The van der Waals surface area contributed by atoms with E-state index in [1.54, 1.807) is 4.68 Å². The van der Waals surface area contributed by atoms with E-state index in [1.807, 2.05) is 32.0 Å². The first-order chi connectivity index (χ1) is 13.6. The van der Waals surface area contributed by atoms with E-state index < -0.39 is 25.9 Å². The third-order valence-corrected chi connectivity index (χ3v) is 6.89. The third-order valence-electron chi connectivity index (χ3n) is 4.74. The number of tetrazole rings is 1. The SMILES string of the molecule is CC(C)[C@H](C(=O)O)[C@H](Cc1cccc(Br)n1)c1nnnn1COCC[Si](C)(C)C. The van der Waals surface area contributed by atoms with Crippen LogP contribution in [0.5, 0.6) is 0 Å². The van der Waals surface area contributed by atoms with Crippen LogP contribution in [-0.2, 0) is 22.7 Å². The zero-order chi connectivity index (χ0) is 21.6. The molecule has 8 nitrogen and oxygen atoms in total. The van der Waals surface area contributed by atoms with Crippen LogP contribution < -0.4 is 0 Å². The molecule has 0 bridgehead atoms. The van der Waals surface area contributed by atoms with Crippen LogP contribution in [0.3, 0.4) is 0 Å². The fourth-order valence-electron chi connectivity index (χ4n) is 3.19. The molecule has 1 N–H and O–H groups in total. The van der Waals surface area contributed by atoms with Crippen LogP contribution in [0.2, 0.25) is 25.7 Å². The van der Waals surface area contributed by atoms with Crippen molar-refractivity contribution in [1.82, 2.24) is 25.2 Å². The standard InChI is InChI=1S/C19H30BrN5O3Si/c1-13(2)17(19(26)27)15(11-14-7-6-8-16(20)21-14)18-22-23-24-25(18)12-28-9-10-29(3,4)5/h6-8,13,15,17H,9-12H2,1-5H3,(H,26,27)/t15-,17-/m0/s1. The van der Waals surface area contributed by atoms with E-state index >= 15 is 0 Å². The molecule has 160 valence electrons. The third kappa shape index (κ3) is 7.27. The van der Waals surface area contributed by atoms with Gasteiger partial charge in [0.25, 0.3) is 0 Å². The molecular weight excluding hydrogens is 454 g/mol. The Balaban J connectivity index is 2.27. The van der Waals surface area contributed by atoms with Crippen molar-refractivity contribution in [3.05, 3.63) is 34.3 Å². The second kappa shape index (κ2) is 10.4. The van der Waals surface area contributed by atoms with Crippen LogP contribution in [0.1, 0.15) is 31.3 Å². The number of ether oxygens (including phenoxy) is 1. The summed E-state index contributed by atoms with van der Waals surface area (Å²) in [7, 11) is -1.20. The van der Waals surface area contributed by atoms with Gasteiger partial charge in [-0.1, -0.05) is 39.6 Å². The molecule has 0 aliphatic rings. The Hall–Kier alpha value is -1.65. The molecule has 2 aromatic rings. The molecule has 0 radical (unpaired) electrons. The van der Waals surface area contributed by atoms with E-state index in [0.717, 1.165) is 11.7 Å². The minimum absolute atomic E-state index is 0.0948. The van der Waals surface area contributed by atoms with Gasteiger partial charge in [0.15, 0.2) is 5.82 Å². The molecule has 0 spiro atoms. The quantitative estimate of drug-likeness (QED) is 0.294. The molecule has 0 saturated carbocycles. The normalized spacial score (nSPS) is 14.2. The number of carbonyl (C=O) groups is 1. The summed E-state index contributed by atoms with van der Waals surface area (Å²) in [5.74, 6) is -1.52. The first-order valence-corrected chi connectivity index (χ1v) is 14.3. The molecule has 29 heavy (non-hydrogen) atoms. The summed E-state index contributed by atoms with van der Waals surface area (Å²) in [6.45, 7) is 11.5. The molecule has 0 aromatic carbocycles. The summed E-state index contributed by atoms with van der Waals surface area (Å²) in [6.07, 6.45) is 0.421. The number of carboxylic acid groups (broad SMARTS) is 1. The number of nitrogens with zero attached hydrogens (tertiary/aromatic N) is 5. The average Bonchev–Trinajstić information content (AvgIpc) is 3.05. The van der Waals surface area contributed by atoms with Crippen LogP contribution >= 0.6 is 15.9 Å². The Morgan fingerprint density at radius 3 is 2.62 bits per heavy atom. The fourth-order valence-corrected chi connectivity index (χ4v) is 4.33. The topological polar surface area (TPSA) is 103 Å². The van der Waals surface area contributed by atoms with E-state index in [1.165, 1.54) is 0 Å². The van der Waals surface area contributed by atoms with Gasteiger partial charge in [-0.05, 0) is 50.5 Å². The highest BCUT2D eigenvalue weighted by atomic mass is 79.9. The van der Waals surface area contributed by atoms with Gasteiger partial charge in [-0.3, -0.25) is 4.79 Å². The van der Waals surface area contributed by atoms with Crippen molar-refractivity contribution in [3.8, 4) is 0 Å². The monoisotopic (exact) mass is 483 g/mol. The Morgan fingerprint density at radius 2 is 2.03 bits per heavy atom. The van der Waals surface area contributed by atoms with Gasteiger partial charge >= 0.3 is 5.97 Å². The Morgan fingerprint density at radius 1 is 1.31 bits per heavy atom. The lowest BCUT2D eigenvalue weighted by Gasteiger charge is -2.26. The molecule has 0 unspecified atom stereocenters. The maximum absolute atomic E-state index is 12.1. The largest absolute Gasteiger partial charge is 0.481 e. The Labute approximate surface area is 181 Å². The first kappa shape index (κ1) is 23.6. The van der Waals surface area contributed by atoms with Gasteiger partial charge < -0.3 is 9.84 Å². The van der Waals surface area contributed by atoms with Gasteiger partial charge in [0.05, 0.1) is 5.92 Å². The maximum atomic E-state index is 12.1. The van der Waals surface area contributed by atoms with Gasteiger partial charge in [-0.15, -0.1) is 5.10 Å². The van der Waals surface area contributed by atoms with Crippen molar-refractivity contribution in [1.29, 1.82) is 0 Å². The van der Waals surface area contributed by atoms with Crippen molar-refractivity contribution in [2.75, 3.05) is 6.61 Å². The van der Waals surface area contributed by atoms with E-state index in [4.69, 9.17) is 4.74 Å². The summed E-state index contributed by atoms with van der Waals surface area (Å²) < 4.78 is 8.08. The van der Waals surface area contributed by atoms with Crippen molar-refractivity contribution in [2.45, 2.75) is 58.6 Å².